The summed E-state index contributed by atoms with van der Waals surface area (Å²) in [6.45, 7) is 0. The largest absolute Gasteiger partial charge is 0.471 e. The number of furan rings is 1. The zero-order chi connectivity index (χ0) is 9.14. The van der Waals surface area contributed by atoms with E-state index in [1.165, 1.54) is 0 Å². The molecule has 0 amide bonds. The van der Waals surface area contributed by atoms with E-state index < -0.39 is 5.24 Å². The Kier molecular flexibility index (Phi) is 2.89. The molecule has 12 heavy (non-hydrogen) atoms. The van der Waals surface area contributed by atoms with E-state index in [1.807, 2.05) is 0 Å². The lowest BCUT2D eigenvalue weighted by Crippen LogP contribution is -2.03. The second-order valence-electron chi connectivity index (χ2n) is 2.03. The van der Waals surface area contributed by atoms with Gasteiger partial charge in [-0.3, -0.25) is 9.59 Å². The van der Waals surface area contributed by atoms with Crippen molar-refractivity contribution in [3.63, 3.8) is 0 Å². The molecule has 0 aromatic carbocycles. The van der Waals surface area contributed by atoms with Gasteiger partial charge >= 0.3 is 0 Å². The summed E-state index contributed by atoms with van der Waals surface area (Å²) in [6.07, 6.45) is 2.27. The summed E-state index contributed by atoms with van der Waals surface area (Å²) in [5.41, 5.74) is 0.187. The van der Waals surface area contributed by atoms with Crippen LogP contribution in [0.15, 0.2) is 16.9 Å². The number of alkyl halides is 1. The number of hydrogen-bond donors (Lipinski definition) is 0. The number of rotatable bonds is 3. The summed E-state index contributed by atoms with van der Waals surface area (Å²) >= 11 is 10.4. The maximum atomic E-state index is 11.0. The molecule has 1 aromatic heterocycles. The highest BCUT2D eigenvalue weighted by atomic mass is 35.5. The van der Waals surface area contributed by atoms with Gasteiger partial charge in [-0.2, -0.15) is 0 Å². The van der Waals surface area contributed by atoms with Gasteiger partial charge in [0.05, 0.1) is 17.0 Å². The minimum Gasteiger partial charge on any atom is -0.471 e. The molecular formula is C7H4Cl2O3. The van der Waals surface area contributed by atoms with E-state index in [2.05, 4.69) is 4.42 Å². The molecule has 0 spiro atoms. The Morgan fingerprint density at radius 3 is 2.42 bits per heavy atom. The number of ketones is 1. The van der Waals surface area contributed by atoms with Crippen LogP contribution in [-0.2, 0) is 0 Å². The molecule has 64 valence electrons. The third kappa shape index (κ3) is 1.68. The lowest BCUT2D eigenvalue weighted by molar-refractivity contribution is 0.100. The number of hydrogen-bond acceptors (Lipinski definition) is 3. The van der Waals surface area contributed by atoms with E-state index in [4.69, 9.17) is 23.2 Å². The summed E-state index contributed by atoms with van der Waals surface area (Å²) in [5.74, 6) is -0.578. The molecule has 0 aliphatic heterocycles. The highest BCUT2D eigenvalue weighted by molar-refractivity contribution is 6.68. The Morgan fingerprint density at radius 2 is 1.92 bits per heavy atom. The van der Waals surface area contributed by atoms with E-state index in [0.29, 0.717) is 0 Å². The van der Waals surface area contributed by atoms with Crippen LogP contribution in [-0.4, -0.2) is 16.9 Å². The van der Waals surface area contributed by atoms with Crippen LogP contribution < -0.4 is 0 Å². The van der Waals surface area contributed by atoms with Crippen molar-refractivity contribution in [1.82, 2.24) is 0 Å². The van der Waals surface area contributed by atoms with Crippen LogP contribution in [0, 0.1) is 0 Å². The minimum absolute atomic E-state index is 0.0577. The van der Waals surface area contributed by atoms with Crippen molar-refractivity contribution in [1.29, 1.82) is 0 Å². The smallest absolute Gasteiger partial charge is 0.256 e. The minimum atomic E-state index is -0.725. The Hall–Kier alpha value is -0.800. The second-order valence-corrected chi connectivity index (χ2v) is 2.64. The first kappa shape index (κ1) is 9.29. The van der Waals surface area contributed by atoms with Crippen molar-refractivity contribution >= 4 is 34.2 Å². The van der Waals surface area contributed by atoms with E-state index >= 15 is 0 Å². The maximum absolute atomic E-state index is 11.0. The molecule has 1 aromatic rings. The Bertz CT molecular complexity index is 316. The fourth-order valence-corrected chi connectivity index (χ4v) is 1.03. The number of Topliss-reactive ketones (excluding diaryl/α,β-unsaturated/α-hetero) is 1. The van der Waals surface area contributed by atoms with Gasteiger partial charge in [0.1, 0.15) is 12.5 Å². The molecule has 0 saturated heterocycles. The van der Waals surface area contributed by atoms with Gasteiger partial charge < -0.3 is 4.42 Å². The molecule has 1 rings (SSSR count). The van der Waals surface area contributed by atoms with Gasteiger partial charge in [-0.25, -0.2) is 0 Å². The van der Waals surface area contributed by atoms with Crippen LogP contribution in [0.1, 0.15) is 20.7 Å². The third-order valence-corrected chi connectivity index (χ3v) is 1.74. The fraction of sp³-hybridized carbons (Fsp3) is 0.143. The van der Waals surface area contributed by atoms with E-state index in [1.54, 1.807) is 0 Å². The lowest BCUT2D eigenvalue weighted by Gasteiger charge is -1.91. The van der Waals surface area contributed by atoms with Crippen LogP contribution in [0.5, 0.6) is 0 Å². The Labute approximate surface area is 78.3 Å². The summed E-state index contributed by atoms with van der Waals surface area (Å²) in [5, 5.41) is -0.725. The van der Waals surface area contributed by atoms with Gasteiger partial charge in [0, 0.05) is 0 Å². The summed E-state index contributed by atoms with van der Waals surface area (Å²) in [7, 11) is 0. The molecule has 0 saturated carbocycles. The monoisotopic (exact) mass is 206 g/mol. The summed E-state index contributed by atoms with van der Waals surface area (Å²) in [4.78, 5) is 21.7. The molecule has 0 atom stereocenters. The first-order valence-electron chi connectivity index (χ1n) is 3.02. The molecule has 0 radical (unpaired) electrons. The molecular weight excluding hydrogens is 203 g/mol. The van der Waals surface area contributed by atoms with Crippen LogP contribution in [0.2, 0.25) is 0 Å². The average molecular weight is 207 g/mol. The molecule has 0 fully saturated rings. The van der Waals surface area contributed by atoms with E-state index in [9.17, 15) is 9.59 Å². The van der Waals surface area contributed by atoms with Gasteiger partial charge in [0.25, 0.3) is 5.24 Å². The maximum Gasteiger partial charge on any atom is 0.256 e. The average Bonchev–Trinajstić information content (AvgIpc) is 2.50. The van der Waals surface area contributed by atoms with Gasteiger partial charge in [-0.15, -0.1) is 11.6 Å². The van der Waals surface area contributed by atoms with Crippen molar-refractivity contribution in [3.05, 3.63) is 23.7 Å². The normalized spacial score (nSPS) is 9.83. The third-order valence-electron chi connectivity index (χ3n) is 1.30. The Morgan fingerprint density at radius 1 is 1.33 bits per heavy atom. The first-order chi connectivity index (χ1) is 5.66. The second kappa shape index (κ2) is 3.74. The van der Waals surface area contributed by atoms with Crippen molar-refractivity contribution in [2.45, 2.75) is 0 Å². The highest BCUT2D eigenvalue weighted by Crippen LogP contribution is 2.14. The van der Waals surface area contributed by atoms with E-state index in [-0.39, 0.29) is 22.8 Å². The quantitative estimate of drug-likeness (QED) is 0.433. The van der Waals surface area contributed by atoms with Crippen molar-refractivity contribution < 1.29 is 14.0 Å². The fourth-order valence-electron chi connectivity index (χ4n) is 0.737. The zero-order valence-electron chi connectivity index (χ0n) is 5.84. The number of halogens is 2. The molecule has 0 N–H and O–H groups in total. The zero-order valence-corrected chi connectivity index (χ0v) is 7.35. The van der Waals surface area contributed by atoms with E-state index in [0.717, 1.165) is 12.5 Å². The van der Waals surface area contributed by atoms with Crippen molar-refractivity contribution in [3.8, 4) is 0 Å². The lowest BCUT2D eigenvalue weighted by atomic mass is 10.1. The SMILES string of the molecule is O=C(Cl)c1cocc1C(=O)CCl. The Balaban J connectivity index is 3.07. The molecule has 0 bridgehead atoms. The van der Waals surface area contributed by atoms with Gasteiger partial charge in [-0.05, 0) is 11.6 Å². The molecule has 0 aliphatic carbocycles. The molecule has 3 nitrogen and oxygen atoms in total. The summed E-state index contributed by atoms with van der Waals surface area (Å²) in [6, 6.07) is 0. The van der Waals surface area contributed by atoms with Crippen LogP contribution in [0.25, 0.3) is 0 Å². The van der Waals surface area contributed by atoms with Crippen molar-refractivity contribution in [2.75, 3.05) is 5.88 Å². The topological polar surface area (TPSA) is 47.3 Å². The number of carbonyl (C=O) groups excluding carboxylic acids is 2. The molecule has 0 unspecified atom stereocenters. The van der Waals surface area contributed by atoms with Gasteiger partial charge in [0.2, 0.25) is 0 Å². The van der Waals surface area contributed by atoms with Crippen molar-refractivity contribution in [2.24, 2.45) is 0 Å². The molecule has 5 heteroatoms. The molecule has 1 heterocycles. The highest BCUT2D eigenvalue weighted by Gasteiger charge is 2.16. The number of carbonyl (C=O) groups is 2. The first-order valence-corrected chi connectivity index (χ1v) is 3.93. The van der Waals surface area contributed by atoms with Gasteiger partial charge in [-0.1, -0.05) is 0 Å². The predicted octanol–water partition coefficient (Wildman–Crippen LogP) is 2.08. The van der Waals surface area contributed by atoms with Crippen LogP contribution in [0.4, 0.5) is 0 Å². The standard InChI is InChI=1S/C7H4Cl2O3/c8-1-6(10)4-2-12-3-5(4)7(9)11/h2-3H,1H2. The van der Waals surface area contributed by atoms with Crippen LogP contribution in [0.3, 0.4) is 0 Å². The van der Waals surface area contributed by atoms with Crippen LogP contribution >= 0.6 is 23.2 Å². The molecule has 0 aliphatic rings. The summed E-state index contributed by atoms with van der Waals surface area (Å²) < 4.78 is 4.65. The predicted molar refractivity (Wildman–Crippen MR) is 43.9 cm³/mol. The van der Waals surface area contributed by atoms with Gasteiger partial charge in [0.15, 0.2) is 5.78 Å².